The molecule has 0 aliphatic carbocycles. The second-order valence-corrected chi connectivity index (χ2v) is 24.3. The molecule has 0 saturated carbocycles. The maximum absolute atomic E-state index is 13.2. The van der Waals surface area contributed by atoms with Crippen LogP contribution in [0.1, 0.15) is 309 Å². The normalized spacial score (nSPS) is 24.2. The first-order valence-electron chi connectivity index (χ1n) is 33.9. The summed E-state index contributed by atoms with van der Waals surface area (Å²) in [5.41, 5.74) is 0. The van der Waals surface area contributed by atoms with Crippen LogP contribution in [0, 0.1) is 0 Å². The summed E-state index contributed by atoms with van der Waals surface area (Å²) in [6.45, 7) is 2.73. The van der Waals surface area contributed by atoms with Crippen LogP contribution in [0.2, 0.25) is 0 Å². The van der Waals surface area contributed by atoms with Gasteiger partial charge in [-0.2, -0.15) is 0 Å². The number of amides is 1. The highest BCUT2D eigenvalue weighted by Gasteiger charge is 2.51. The summed E-state index contributed by atoms with van der Waals surface area (Å²) in [5, 5.41) is 86.6. The van der Waals surface area contributed by atoms with Crippen molar-refractivity contribution >= 4 is 5.91 Å². The number of rotatable bonds is 56. The molecule has 14 heteroatoms. The Morgan fingerprint density at radius 1 is 0.438 bits per heavy atom. The molecule has 2 aliphatic heterocycles. The molecule has 14 nitrogen and oxygen atoms in total. The van der Waals surface area contributed by atoms with E-state index in [1.807, 2.05) is 6.08 Å². The Hall–Kier alpha value is -1.27. The van der Waals surface area contributed by atoms with Gasteiger partial charge in [0, 0.05) is 6.42 Å². The van der Waals surface area contributed by atoms with Crippen LogP contribution in [0.5, 0.6) is 0 Å². The molecule has 2 saturated heterocycles. The minimum Gasteiger partial charge on any atom is -0.394 e. The van der Waals surface area contributed by atoms with Gasteiger partial charge in [0.25, 0.3) is 0 Å². The van der Waals surface area contributed by atoms with Crippen LogP contribution in [0.15, 0.2) is 12.2 Å². The van der Waals surface area contributed by atoms with Gasteiger partial charge in [0.05, 0.1) is 32.0 Å². The van der Waals surface area contributed by atoms with Crippen molar-refractivity contribution in [1.82, 2.24) is 5.32 Å². The molecule has 0 aromatic rings. The average molecular weight is 1140 g/mol. The number of ether oxygens (including phenoxy) is 4. The smallest absolute Gasteiger partial charge is 0.220 e. The number of aliphatic hydroxyl groups is 8. The van der Waals surface area contributed by atoms with Gasteiger partial charge < -0.3 is 65.1 Å². The number of allylic oxidation sites excluding steroid dienone is 1. The van der Waals surface area contributed by atoms with E-state index in [0.717, 1.165) is 51.4 Å². The van der Waals surface area contributed by atoms with E-state index in [0.29, 0.717) is 6.42 Å². The summed E-state index contributed by atoms with van der Waals surface area (Å²) >= 11 is 0. The predicted molar refractivity (Wildman–Crippen MR) is 323 cm³/mol. The summed E-state index contributed by atoms with van der Waals surface area (Å²) in [7, 11) is 0. The lowest BCUT2D eigenvalue weighted by Gasteiger charge is -2.46. The van der Waals surface area contributed by atoms with E-state index in [2.05, 4.69) is 19.2 Å². The lowest BCUT2D eigenvalue weighted by atomic mass is 9.97. The lowest BCUT2D eigenvalue weighted by Crippen LogP contribution is -2.65. The molecule has 0 spiro atoms. The predicted octanol–water partition coefficient (Wildman–Crippen LogP) is 13.0. The Bertz CT molecular complexity index is 1390. The van der Waals surface area contributed by atoms with Gasteiger partial charge in [0.2, 0.25) is 5.91 Å². The molecule has 2 fully saturated rings. The summed E-state index contributed by atoms with van der Waals surface area (Å²) in [6, 6.07) is -0.907. The van der Waals surface area contributed by atoms with E-state index in [4.69, 9.17) is 18.9 Å². The molecule has 9 N–H and O–H groups in total. The molecule has 2 aliphatic rings. The molecule has 0 aromatic heterocycles. The fourth-order valence-electron chi connectivity index (χ4n) is 11.5. The Labute approximate surface area is 488 Å². The van der Waals surface area contributed by atoms with Crippen molar-refractivity contribution < 1.29 is 64.6 Å². The second-order valence-electron chi connectivity index (χ2n) is 24.3. The van der Waals surface area contributed by atoms with Crippen LogP contribution in [0.3, 0.4) is 0 Å². The maximum Gasteiger partial charge on any atom is 0.220 e. The van der Waals surface area contributed by atoms with E-state index in [-0.39, 0.29) is 18.9 Å². The zero-order valence-electron chi connectivity index (χ0n) is 51.4. The molecular formula is C66H127NO13. The first kappa shape index (κ1) is 74.8. The van der Waals surface area contributed by atoms with Crippen molar-refractivity contribution in [2.75, 3.05) is 19.8 Å². The van der Waals surface area contributed by atoms with Gasteiger partial charge in [-0.3, -0.25) is 4.79 Å². The molecule has 80 heavy (non-hydrogen) atoms. The minimum atomic E-state index is -1.78. The first-order valence-corrected chi connectivity index (χ1v) is 33.9. The topological polar surface area (TPSA) is 228 Å². The Morgan fingerprint density at radius 3 is 1.15 bits per heavy atom. The maximum atomic E-state index is 13.2. The Balaban J connectivity index is 1.45. The highest BCUT2D eigenvalue weighted by atomic mass is 16.7. The number of nitrogens with one attached hydrogen (secondary N) is 1. The Morgan fingerprint density at radius 2 is 0.775 bits per heavy atom. The Kier molecular flexibility index (Phi) is 48.7. The van der Waals surface area contributed by atoms with Crippen LogP contribution in [-0.4, -0.2) is 140 Å². The third-order valence-corrected chi connectivity index (χ3v) is 17.0. The second kappa shape index (κ2) is 52.1. The summed E-state index contributed by atoms with van der Waals surface area (Å²) in [4.78, 5) is 13.2. The standard InChI is InChI=1S/C66H127NO13/c1-3-5-7-9-11-12-13-14-15-16-17-18-19-20-21-22-23-24-25-26-27-28-29-30-31-32-33-34-35-36-37-38-39-40-41-42-43-44-46-48-50-58(71)67-54(55(70)49-47-45-10-8-6-4-2)53-77-65-63(76)61(74)64(57(52-69)79-65)80-66-62(75)60(73)59(72)56(51-68)78-66/h47,49,54-57,59-66,68-70,72-76H,3-46,48,50-53H2,1-2H3,(H,67,71)/b49-47+. The number of carbonyl (C=O) groups is 1. The van der Waals surface area contributed by atoms with E-state index >= 15 is 0 Å². The van der Waals surface area contributed by atoms with Gasteiger partial charge >= 0.3 is 0 Å². The van der Waals surface area contributed by atoms with E-state index < -0.39 is 86.8 Å². The first-order chi connectivity index (χ1) is 39.1. The molecule has 2 heterocycles. The molecule has 1 amide bonds. The molecule has 474 valence electrons. The van der Waals surface area contributed by atoms with Gasteiger partial charge in [-0.05, 0) is 19.3 Å². The van der Waals surface area contributed by atoms with Crippen molar-refractivity contribution in [3.05, 3.63) is 12.2 Å². The van der Waals surface area contributed by atoms with Gasteiger partial charge in [0.1, 0.15) is 48.8 Å². The highest BCUT2D eigenvalue weighted by Crippen LogP contribution is 2.30. The number of hydrogen-bond acceptors (Lipinski definition) is 13. The zero-order chi connectivity index (χ0) is 58.1. The zero-order valence-corrected chi connectivity index (χ0v) is 51.4. The third kappa shape index (κ3) is 36.5. The van der Waals surface area contributed by atoms with Crippen molar-refractivity contribution in [3.8, 4) is 0 Å². The van der Waals surface area contributed by atoms with Crippen LogP contribution < -0.4 is 5.32 Å². The fraction of sp³-hybridized carbons (Fsp3) is 0.955. The number of carbonyl (C=O) groups excluding carboxylic acids is 1. The van der Waals surface area contributed by atoms with Crippen molar-refractivity contribution in [3.63, 3.8) is 0 Å². The van der Waals surface area contributed by atoms with Crippen LogP contribution in [-0.2, 0) is 23.7 Å². The van der Waals surface area contributed by atoms with Gasteiger partial charge in [-0.15, -0.1) is 0 Å². The number of aliphatic hydroxyl groups excluding tert-OH is 8. The molecular weight excluding hydrogens is 1010 g/mol. The molecule has 0 radical (unpaired) electrons. The van der Waals surface area contributed by atoms with Crippen molar-refractivity contribution in [2.45, 2.75) is 383 Å². The monoisotopic (exact) mass is 1140 g/mol. The third-order valence-electron chi connectivity index (χ3n) is 17.0. The van der Waals surface area contributed by atoms with Crippen LogP contribution >= 0.6 is 0 Å². The number of hydrogen-bond donors (Lipinski definition) is 9. The average Bonchev–Trinajstić information content (AvgIpc) is 3.53. The number of unbranched alkanes of at least 4 members (excludes halogenated alkanes) is 43. The summed E-state index contributed by atoms with van der Waals surface area (Å²) in [5.74, 6) is -0.239. The van der Waals surface area contributed by atoms with Crippen LogP contribution in [0.4, 0.5) is 0 Å². The minimum absolute atomic E-state index is 0.239. The quantitative estimate of drug-likeness (QED) is 0.0204. The highest BCUT2D eigenvalue weighted by molar-refractivity contribution is 5.76. The van der Waals surface area contributed by atoms with Crippen molar-refractivity contribution in [1.29, 1.82) is 0 Å². The van der Waals surface area contributed by atoms with Crippen LogP contribution in [0.25, 0.3) is 0 Å². The van der Waals surface area contributed by atoms with E-state index in [1.54, 1.807) is 6.08 Å². The van der Waals surface area contributed by atoms with Gasteiger partial charge in [-0.1, -0.05) is 296 Å². The largest absolute Gasteiger partial charge is 0.394 e. The molecule has 12 unspecified atom stereocenters. The summed E-state index contributed by atoms with van der Waals surface area (Å²) < 4.78 is 22.7. The van der Waals surface area contributed by atoms with Gasteiger partial charge in [0.15, 0.2) is 12.6 Å². The molecule has 0 aromatic carbocycles. The molecule has 12 atom stereocenters. The van der Waals surface area contributed by atoms with Crippen molar-refractivity contribution in [2.24, 2.45) is 0 Å². The summed E-state index contributed by atoms with van der Waals surface area (Å²) in [6.07, 6.45) is 46.7. The lowest BCUT2D eigenvalue weighted by molar-refractivity contribution is -0.359. The van der Waals surface area contributed by atoms with E-state index in [9.17, 15) is 45.6 Å². The van der Waals surface area contributed by atoms with E-state index in [1.165, 1.54) is 231 Å². The fourth-order valence-corrected chi connectivity index (χ4v) is 11.5. The molecule has 0 bridgehead atoms. The molecule has 2 rings (SSSR count). The van der Waals surface area contributed by atoms with Gasteiger partial charge in [-0.25, -0.2) is 0 Å². The SMILES string of the molecule is CCCCCC/C=C/C(O)C(COC1OC(CO)C(OC2OC(CO)C(O)C(O)C2O)C(O)C1O)NC(=O)CCCCCCCCCCCCCCCCCCCCCCCCCCCCCCCCCCCCCCCCCC.